The second-order valence-electron chi connectivity index (χ2n) is 4.13. The number of pyridine rings is 1. The number of aryl methyl sites for hydroxylation is 2. The molecule has 0 aliphatic heterocycles. The van der Waals surface area contributed by atoms with Gasteiger partial charge in [-0.25, -0.2) is 0 Å². The standard InChI is InChI=1S/C14H14BrNO/c1-9-5-6-10(2)11(8-9)14(17)13-12(15)4-3-7-16-13/h3-8,14,17H,1-2H3. The molecule has 2 aromatic rings. The zero-order valence-corrected chi connectivity index (χ0v) is 11.4. The van der Waals surface area contributed by atoms with E-state index in [2.05, 4.69) is 20.9 Å². The molecular formula is C14H14BrNO. The lowest BCUT2D eigenvalue weighted by Gasteiger charge is -2.15. The molecule has 0 amide bonds. The summed E-state index contributed by atoms with van der Waals surface area (Å²) >= 11 is 3.41. The van der Waals surface area contributed by atoms with Gasteiger partial charge in [0.25, 0.3) is 0 Å². The van der Waals surface area contributed by atoms with Crippen molar-refractivity contribution in [1.29, 1.82) is 0 Å². The van der Waals surface area contributed by atoms with Crippen LogP contribution in [0.5, 0.6) is 0 Å². The van der Waals surface area contributed by atoms with Gasteiger partial charge in [-0.2, -0.15) is 0 Å². The normalized spacial score (nSPS) is 12.5. The Labute approximate surface area is 109 Å². The fraction of sp³-hybridized carbons (Fsp3) is 0.214. The highest BCUT2D eigenvalue weighted by molar-refractivity contribution is 9.10. The maximum absolute atomic E-state index is 10.4. The van der Waals surface area contributed by atoms with Gasteiger partial charge in [-0.15, -0.1) is 0 Å². The molecule has 3 heteroatoms. The van der Waals surface area contributed by atoms with Crippen LogP contribution in [0.25, 0.3) is 0 Å². The molecule has 0 fully saturated rings. The lowest BCUT2D eigenvalue weighted by atomic mass is 9.98. The van der Waals surface area contributed by atoms with Gasteiger partial charge in [-0.05, 0) is 53.0 Å². The predicted octanol–water partition coefficient (Wildman–Crippen LogP) is 3.54. The van der Waals surface area contributed by atoms with Gasteiger partial charge in [0.1, 0.15) is 6.10 Å². The zero-order chi connectivity index (χ0) is 12.4. The highest BCUT2D eigenvalue weighted by Gasteiger charge is 2.16. The van der Waals surface area contributed by atoms with E-state index >= 15 is 0 Å². The molecule has 1 aromatic carbocycles. The Balaban J connectivity index is 2.47. The van der Waals surface area contributed by atoms with E-state index in [1.165, 1.54) is 0 Å². The summed E-state index contributed by atoms with van der Waals surface area (Å²) in [4.78, 5) is 4.23. The van der Waals surface area contributed by atoms with Gasteiger partial charge in [0.15, 0.2) is 0 Å². The average molecular weight is 292 g/mol. The van der Waals surface area contributed by atoms with Gasteiger partial charge in [-0.1, -0.05) is 23.8 Å². The fourth-order valence-electron chi connectivity index (χ4n) is 1.80. The number of benzene rings is 1. The summed E-state index contributed by atoms with van der Waals surface area (Å²) in [6, 6.07) is 9.78. The van der Waals surface area contributed by atoms with E-state index in [1.807, 2.05) is 44.2 Å². The number of rotatable bonds is 2. The minimum atomic E-state index is -0.689. The van der Waals surface area contributed by atoms with E-state index in [1.54, 1.807) is 6.20 Å². The summed E-state index contributed by atoms with van der Waals surface area (Å²) in [5.41, 5.74) is 3.77. The largest absolute Gasteiger partial charge is 0.382 e. The molecule has 0 bridgehead atoms. The number of aliphatic hydroxyl groups is 1. The van der Waals surface area contributed by atoms with E-state index in [4.69, 9.17) is 0 Å². The smallest absolute Gasteiger partial charge is 0.122 e. The van der Waals surface area contributed by atoms with Gasteiger partial charge in [0.2, 0.25) is 0 Å². The van der Waals surface area contributed by atoms with Crippen molar-refractivity contribution < 1.29 is 5.11 Å². The van der Waals surface area contributed by atoms with Crippen LogP contribution in [0.1, 0.15) is 28.5 Å². The van der Waals surface area contributed by atoms with Crippen LogP contribution in [-0.4, -0.2) is 10.1 Å². The summed E-state index contributed by atoms with van der Waals surface area (Å²) in [6.45, 7) is 4.01. The molecule has 0 aliphatic carbocycles. The first kappa shape index (κ1) is 12.3. The van der Waals surface area contributed by atoms with E-state index in [9.17, 15) is 5.11 Å². The SMILES string of the molecule is Cc1ccc(C)c(C(O)c2ncccc2Br)c1. The fourth-order valence-corrected chi connectivity index (χ4v) is 2.27. The molecule has 1 aromatic heterocycles. The van der Waals surface area contributed by atoms with Crippen LogP contribution in [0.15, 0.2) is 41.0 Å². The van der Waals surface area contributed by atoms with Gasteiger partial charge in [0.05, 0.1) is 5.69 Å². The third-order valence-corrected chi connectivity index (χ3v) is 3.45. The lowest BCUT2D eigenvalue weighted by molar-refractivity contribution is 0.213. The van der Waals surface area contributed by atoms with Crippen LogP contribution in [-0.2, 0) is 0 Å². The molecule has 88 valence electrons. The summed E-state index contributed by atoms with van der Waals surface area (Å²) in [6.07, 6.45) is 1.000. The van der Waals surface area contributed by atoms with E-state index in [-0.39, 0.29) is 0 Å². The number of aliphatic hydroxyl groups excluding tert-OH is 1. The molecule has 0 aliphatic rings. The summed E-state index contributed by atoms with van der Waals surface area (Å²) in [7, 11) is 0. The molecule has 0 saturated heterocycles. The second-order valence-corrected chi connectivity index (χ2v) is 4.99. The van der Waals surface area contributed by atoms with Gasteiger partial charge in [0, 0.05) is 10.7 Å². The molecule has 0 spiro atoms. The average Bonchev–Trinajstić information content (AvgIpc) is 2.32. The number of hydrogen-bond acceptors (Lipinski definition) is 2. The molecule has 1 atom stereocenters. The van der Waals surface area contributed by atoms with Crippen molar-refractivity contribution in [3.8, 4) is 0 Å². The Morgan fingerprint density at radius 3 is 2.71 bits per heavy atom. The van der Waals surface area contributed by atoms with Gasteiger partial charge >= 0.3 is 0 Å². The van der Waals surface area contributed by atoms with Crippen molar-refractivity contribution in [2.45, 2.75) is 20.0 Å². The van der Waals surface area contributed by atoms with Crippen LogP contribution < -0.4 is 0 Å². The van der Waals surface area contributed by atoms with Crippen LogP contribution >= 0.6 is 15.9 Å². The van der Waals surface area contributed by atoms with Crippen molar-refractivity contribution in [3.05, 3.63) is 63.4 Å². The number of aromatic nitrogens is 1. The molecule has 1 unspecified atom stereocenters. The summed E-state index contributed by atoms with van der Waals surface area (Å²) in [5, 5.41) is 10.4. The van der Waals surface area contributed by atoms with E-state index < -0.39 is 6.10 Å². The third kappa shape index (κ3) is 2.56. The van der Waals surface area contributed by atoms with Crippen LogP contribution in [0, 0.1) is 13.8 Å². The highest BCUT2D eigenvalue weighted by Crippen LogP contribution is 2.28. The lowest BCUT2D eigenvalue weighted by Crippen LogP contribution is -2.05. The van der Waals surface area contributed by atoms with Crippen molar-refractivity contribution in [3.63, 3.8) is 0 Å². The number of hydrogen-bond donors (Lipinski definition) is 1. The molecule has 2 nitrogen and oxygen atoms in total. The molecule has 0 saturated carbocycles. The summed E-state index contributed by atoms with van der Waals surface area (Å²) < 4.78 is 0.827. The monoisotopic (exact) mass is 291 g/mol. The van der Waals surface area contributed by atoms with Crippen LogP contribution in [0.4, 0.5) is 0 Å². The summed E-state index contributed by atoms with van der Waals surface area (Å²) in [5.74, 6) is 0. The predicted molar refractivity (Wildman–Crippen MR) is 71.9 cm³/mol. The van der Waals surface area contributed by atoms with Crippen LogP contribution in [0.2, 0.25) is 0 Å². The first-order chi connectivity index (χ1) is 8.09. The highest BCUT2D eigenvalue weighted by atomic mass is 79.9. The number of halogens is 1. The van der Waals surface area contributed by atoms with Gasteiger partial charge < -0.3 is 5.11 Å². The molecule has 1 N–H and O–H groups in total. The maximum Gasteiger partial charge on any atom is 0.122 e. The molecule has 2 rings (SSSR count). The van der Waals surface area contributed by atoms with E-state index in [0.717, 1.165) is 21.2 Å². The van der Waals surface area contributed by atoms with Crippen molar-refractivity contribution in [2.75, 3.05) is 0 Å². The maximum atomic E-state index is 10.4. The zero-order valence-electron chi connectivity index (χ0n) is 9.81. The molecule has 0 radical (unpaired) electrons. The Bertz CT molecular complexity index is 539. The Morgan fingerprint density at radius 1 is 1.24 bits per heavy atom. The molecule has 1 heterocycles. The van der Waals surface area contributed by atoms with Gasteiger partial charge in [-0.3, -0.25) is 4.98 Å². The third-order valence-electron chi connectivity index (χ3n) is 2.78. The Kier molecular flexibility index (Phi) is 3.60. The first-order valence-corrected chi connectivity index (χ1v) is 6.24. The second kappa shape index (κ2) is 4.98. The Morgan fingerprint density at radius 2 is 2.00 bits per heavy atom. The van der Waals surface area contributed by atoms with Crippen molar-refractivity contribution in [1.82, 2.24) is 4.98 Å². The quantitative estimate of drug-likeness (QED) is 0.918. The van der Waals surface area contributed by atoms with Crippen LogP contribution in [0.3, 0.4) is 0 Å². The minimum absolute atomic E-state index is 0.654. The topological polar surface area (TPSA) is 33.1 Å². The first-order valence-electron chi connectivity index (χ1n) is 5.45. The number of nitrogens with zero attached hydrogens (tertiary/aromatic N) is 1. The molecular weight excluding hydrogens is 278 g/mol. The Hall–Kier alpha value is -1.19. The van der Waals surface area contributed by atoms with Crippen molar-refractivity contribution >= 4 is 15.9 Å². The van der Waals surface area contributed by atoms with E-state index in [0.29, 0.717) is 5.69 Å². The van der Waals surface area contributed by atoms with Crippen molar-refractivity contribution in [2.24, 2.45) is 0 Å². The molecule has 17 heavy (non-hydrogen) atoms. The minimum Gasteiger partial charge on any atom is -0.382 e.